The summed E-state index contributed by atoms with van der Waals surface area (Å²) in [6.45, 7) is -0.424. The fourth-order valence-electron chi connectivity index (χ4n) is 0.408. The first-order valence-electron chi connectivity index (χ1n) is 2.90. The lowest BCUT2D eigenvalue weighted by Crippen LogP contribution is -2.50. The van der Waals surface area contributed by atoms with Gasteiger partial charge in [-0.3, -0.25) is 4.79 Å². The number of aliphatic hydroxyl groups is 1. The first-order valence-corrected chi connectivity index (χ1v) is 4.11. The molecule has 13 heavy (non-hydrogen) atoms. The van der Waals surface area contributed by atoms with E-state index >= 15 is 0 Å². The van der Waals surface area contributed by atoms with Gasteiger partial charge < -0.3 is 15.0 Å². The molecule has 0 radical (unpaired) electrons. The third kappa shape index (κ3) is 2.95. The highest BCUT2D eigenvalue weighted by atomic mass is 32.1. The first-order chi connectivity index (χ1) is 5.87. The smallest absolute Gasteiger partial charge is 0.383 e. The fourth-order valence-corrected chi connectivity index (χ4v) is 0.928. The van der Waals surface area contributed by atoms with E-state index in [2.05, 4.69) is 42.5 Å². The van der Waals surface area contributed by atoms with Crippen molar-refractivity contribution in [3.05, 3.63) is 0 Å². The molecule has 0 aromatic rings. The van der Waals surface area contributed by atoms with Crippen LogP contribution in [0, 0.1) is 0 Å². The molecule has 76 valence electrons. The molecule has 0 saturated carbocycles. The summed E-state index contributed by atoms with van der Waals surface area (Å²) in [6.07, 6.45) is 0. The second-order valence-corrected chi connectivity index (χ2v) is 3.13. The van der Waals surface area contributed by atoms with E-state index in [0.29, 0.717) is 4.31 Å². The van der Waals surface area contributed by atoms with E-state index in [1.165, 1.54) is 0 Å². The van der Waals surface area contributed by atoms with Crippen molar-refractivity contribution in [2.75, 3.05) is 6.54 Å². The van der Waals surface area contributed by atoms with Gasteiger partial charge in [-0.1, -0.05) is 12.8 Å². The van der Waals surface area contributed by atoms with Gasteiger partial charge in [0.2, 0.25) is 5.91 Å². The SMILES string of the molecule is NCC(=O)N(S)C(O)(S)C(=O)OS. The number of nitrogens with two attached hydrogens (primary N) is 1. The molecule has 6 nitrogen and oxygen atoms in total. The molecule has 0 rings (SSSR count). The summed E-state index contributed by atoms with van der Waals surface area (Å²) < 4.78 is 4.22. The number of hydrogen-bond acceptors (Lipinski definition) is 8. The van der Waals surface area contributed by atoms with Gasteiger partial charge in [0.1, 0.15) is 0 Å². The predicted octanol–water partition coefficient (Wildman–Crippen LogP) is -1.42. The Kier molecular flexibility index (Phi) is 4.92. The molecule has 9 heteroatoms. The van der Waals surface area contributed by atoms with Crippen LogP contribution in [0.4, 0.5) is 0 Å². The van der Waals surface area contributed by atoms with Gasteiger partial charge in [0, 0.05) is 12.9 Å². The highest BCUT2D eigenvalue weighted by molar-refractivity contribution is 7.85. The van der Waals surface area contributed by atoms with Crippen molar-refractivity contribution in [1.82, 2.24) is 4.31 Å². The van der Waals surface area contributed by atoms with Gasteiger partial charge >= 0.3 is 5.97 Å². The summed E-state index contributed by atoms with van der Waals surface area (Å²) >= 11 is 10.1. The Morgan fingerprint density at radius 2 is 2.08 bits per heavy atom. The maximum Gasteiger partial charge on any atom is 0.383 e. The van der Waals surface area contributed by atoms with Crippen LogP contribution in [0.2, 0.25) is 0 Å². The molecule has 1 atom stereocenters. The van der Waals surface area contributed by atoms with E-state index < -0.39 is 23.5 Å². The summed E-state index contributed by atoms with van der Waals surface area (Å²) in [5, 5.41) is 6.78. The number of amides is 1. The molecule has 1 unspecified atom stereocenters. The fraction of sp³-hybridized carbons (Fsp3) is 0.500. The Morgan fingerprint density at radius 3 is 2.38 bits per heavy atom. The van der Waals surface area contributed by atoms with E-state index in [1.807, 2.05) is 0 Å². The first kappa shape index (κ1) is 12.9. The van der Waals surface area contributed by atoms with E-state index in [1.54, 1.807) is 0 Å². The summed E-state index contributed by atoms with van der Waals surface area (Å²) in [4.78, 5) is 21.6. The predicted molar refractivity (Wildman–Crippen MR) is 53.9 cm³/mol. The van der Waals surface area contributed by atoms with Crippen LogP contribution in [0.5, 0.6) is 0 Å². The molecule has 0 aromatic heterocycles. The summed E-state index contributed by atoms with van der Waals surface area (Å²) in [5.41, 5.74) is 4.95. The van der Waals surface area contributed by atoms with E-state index in [0.717, 1.165) is 0 Å². The maximum atomic E-state index is 10.9. The van der Waals surface area contributed by atoms with Gasteiger partial charge in [-0.2, -0.15) is 0 Å². The second kappa shape index (κ2) is 4.96. The van der Waals surface area contributed by atoms with Crippen molar-refractivity contribution in [2.24, 2.45) is 5.73 Å². The third-order valence-corrected chi connectivity index (χ3v) is 2.28. The van der Waals surface area contributed by atoms with Crippen LogP contribution in [-0.4, -0.2) is 32.9 Å². The Bertz CT molecular complexity index is 221. The molecule has 0 aliphatic carbocycles. The molecule has 0 fully saturated rings. The number of carbonyl (C=O) groups is 2. The monoisotopic (exact) mass is 244 g/mol. The summed E-state index contributed by atoms with van der Waals surface area (Å²) in [7, 11) is 0. The Hall–Kier alpha value is -0.0900. The van der Waals surface area contributed by atoms with Crippen molar-refractivity contribution in [3.63, 3.8) is 0 Å². The maximum absolute atomic E-state index is 10.9. The van der Waals surface area contributed by atoms with Crippen LogP contribution in [0.3, 0.4) is 0 Å². The zero-order valence-corrected chi connectivity index (χ0v) is 8.93. The van der Waals surface area contributed by atoms with Crippen molar-refractivity contribution in [3.8, 4) is 0 Å². The van der Waals surface area contributed by atoms with Crippen LogP contribution in [-0.2, 0) is 13.8 Å². The molecule has 0 heterocycles. The summed E-state index contributed by atoms with van der Waals surface area (Å²) in [5.74, 6) is -2.05. The van der Waals surface area contributed by atoms with Crippen LogP contribution < -0.4 is 5.73 Å². The van der Waals surface area contributed by atoms with Crippen molar-refractivity contribution in [2.45, 2.75) is 5.06 Å². The summed E-state index contributed by atoms with van der Waals surface area (Å²) in [6, 6.07) is 0. The minimum atomic E-state index is -2.48. The molecule has 0 aromatic carbocycles. The van der Waals surface area contributed by atoms with Crippen LogP contribution in [0.15, 0.2) is 0 Å². The lowest BCUT2D eigenvalue weighted by molar-refractivity contribution is -0.157. The standard InChI is InChI=1S/C4H8N2O4S3/c5-1-2(7)6(12)4(9,11)3(8)10-13/h9,11-13H,1,5H2. The van der Waals surface area contributed by atoms with Gasteiger partial charge in [0.15, 0.2) is 0 Å². The van der Waals surface area contributed by atoms with E-state index in [9.17, 15) is 14.7 Å². The number of hydrogen-bond donors (Lipinski definition) is 5. The molecule has 1 amide bonds. The van der Waals surface area contributed by atoms with Crippen LogP contribution >= 0.6 is 38.4 Å². The lowest BCUT2D eigenvalue weighted by Gasteiger charge is -2.27. The third-order valence-electron chi connectivity index (χ3n) is 1.06. The van der Waals surface area contributed by atoms with Gasteiger partial charge in [0.25, 0.3) is 5.06 Å². The minimum Gasteiger partial charge on any atom is -0.390 e. The molecule has 3 N–H and O–H groups in total. The molecule has 0 aliphatic heterocycles. The average molecular weight is 244 g/mol. The van der Waals surface area contributed by atoms with E-state index in [-0.39, 0.29) is 0 Å². The Balaban J connectivity index is 4.62. The second-order valence-electron chi connectivity index (χ2n) is 1.92. The highest BCUT2D eigenvalue weighted by Gasteiger charge is 2.41. The molecule has 0 bridgehead atoms. The van der Waals surface area contributed by atoms with Gasteiger partial charge in [-0.15, -0.1) is 12.6 Å². The Labute approximate surface area is 91.0 Å². The normalized spacial score (nSPS) is 14.5. The zero-order chi connectivity index (χ0) is 10.6. The van der Waals surface area contributed by atoms with Gasteiger partial charge in [-0.05, 0) is 0 Å². The van der Waals surface area contributed by atoms with E-state index in [4.69, 9.17) is 5.73 Å². The average Bonchev–Trinajstić information content (AvgIpc) is 2.13. The molecular formula is C4H8N2O4S3. The zero-order valence-electron chi connectivity index (χ0n) is 6.25. The lowest BCUT2D eigenvalue weighted by atomic mass is 10.5. The van der Waals surface area contributed by atoms with Gasteiger partial charge in [0.05, 0.1) is 6.54 Å². The van der Waals surface area contributed by atoms with Gasteiger partial charge in [-0.25, -0.2) is 9.10 Å². The number of nitrogens with zero attached hydrogens (tertiary/aromatic N) is 1. The number of carbonyl (C=O) groups excluding carboxylic acids is 2. The molecule has 0 saturated heterocycles. The van der Waals surface area contributed by atoms with Crippen molar-refractivity contribution >= 4 is 50.2 Å². The molecule has 0 spiro atoms. The largest absolute Gasteiger partial charge is 0.390 e. The quantitative estimate of drug-likeness (QED) is 0.239. The number of thiol groups is 3. The van der Waals surface area contributed by atoms with Crippen LogP contribution in [0.1, 0.15) is 0 Å². The van der Waals surface area contributed by atoms with Crippen LogP contribution in [0.25, 0.3) is 0 Å². The topological polar surface area (TPSA) is 92.9 Å². The number of rotatable bonds is 3. The molecular weight excluding hydrogens is 236 g/mol. The molecule has 0 aliphatic rings. The van der Waals surface area contributed by atoms with Crippen molar-refractivity contribution < 1.29 is 18.9 Å². The highest BCUT2D eigenvalue weighted by Crippen LogP contribution is 2.21. The Morgan fingerprint density at radius 1 is 1.62 bits per heavy atom. The minimum absolute atomic E-state index is 0.342. The van der Waals surface area contributed by atoms with Crippen molar-refractivity contribution in [1.29, 1.82) is 0 Å².